The molecule has 0 spiro atoms. The molecule has 1 amide bonds. The van der Waals surface area contributed by atoms with E-state index in [1.165, 1.54) is 17.6 Å². The molecule has 2 heterocycles. The van der Waals surface area contributed by atoms with Crippen molar-refractivity contribution in [3.63, 3.8) is 0 Å². The van der Waals surface area contributed by atoms with Crippen LogP contribution in [0.1, 0.15) is 28.7 Å². The highest BCUT2D eigenvalue weighted by Gasteiger charge is 2.27. The smallest absolute Gasteiger partial charge is 0.328 e. The van der Waals surface area contributed by atoms with Gasteiger partial charge in [-0.05, 0) is 26.8 Å². The monoisotopic (exact) mass is 292 g/mol. The lowest BCUT2D eigenvalue weighted by Crippen LogP contribution is -2.47. The predicted molar refractivity (Wildman–Crippen MR) is 73.0 cm³/mol. The van der Waals surface area contributed by atoms with Crippen molar-refractivity contribution >= 4 is 17.5 Å². The molecule has 3 N–H and O–H groups in total. The SMILES string of the molecule is Cc1cc(C)n2ncc(C(=O)NC(C(=O)O)C(C)O)c2n1. The van der Waals surface area contributed by atoms with E-state index in [2.05, 4.69) is 15.4 Å². The van der Waals surface area contributed by atoms with E-state index in [4.69, 9.17) is 5.11 Å². The zero-order chi connectivity index (χ0) is 15.7. The highest BCUT2D eigenvalue weighted by Crippen LogP contribution is 2.12. The number of nitrogens with zero attached hydrogens (tertiary/aromatic N) is 3. The maximum atomic E-state index is 12.2. The van der Waals surface area contributed by atoms with Gasteiger partial charge in [0.2, 0.25) is 0 Å². The summed E-state index contributed by atoms with van der Waals surface area (Å²) in [5.74, 6) is -1.95. The summed E-state index contributed by atoms with van der Waals surface area (Å²) < 4.78 is 1.50. The Kier molecular flexibility index (Phi) is 3.90. The minimum absolute atomic E-state index is 0.161. The molecule has 0 saturated heterocycles. The van der Waals surface area contributed by atoms with Crippen molar-refractivity contribution in [1.29, 1.82) is 0 Å². The highest BCUT2D eigenvalue weighted by atomic mass is 16.4. The van der Waals surface area contributed by atoms with E-state index in [9.17, 15) is 14.7 Å². The second-order valence-corrected chi connectivity index (χ2v) is 4.86. The fourth-order valence-electron chi connectivity index (χ4n) is 2.04. The number of amides is 1. The number of hydrogen-bond acceptors (Lipinski definition) is 5. The van der Waals surface area contributed by atoms with Crippen LogP contribution in [0.15, 0.2) is 12.3 Å². The third kappa shape index (κ3) is 2.84. The molecule has 2 atom stereocenters. The Morgan fingerprint density at radius 3 is 2.62 bits per heavy atom. The quantitative estimate of drug-likeness (QED) is 0.725. The zero-order valence-electron chi connectivity index (χ0n) is 11.9. The molecule has 8 heteroatoms. The van der Waals surface area contributed by atoms with Gasteiger partial charge in [-0.1, -0.05) is 0 Å². The van der Waals surface area contributed by atoms with Crippen molar-refractivity contribution in [2.45, 2.75) is 32.9 Å². The molecule has 0 bridgehead atoms. The number of nitrogens with one attached hydrogen (secondary N) is 1. The Hall–Kier alpha value is -2.48. The lowest BCUT2D eigenvalue weighted by atomic mass is 10.1. The zero-order valence-corrected chi connectivity index (χ0v) is 11.9. The van der Waals surface area contributed by atoms with Gasteiger partial charge < -0.3 is 15.5 Å². The molecule has 0 aliphatic carbocycles. The Balaban J connectivity index is 2.38. The van der Waals surface area contributed by atoms with Gasteiger partial charge in [-0.3, -0.25) is 4.79 Å². The van der Waals surface area contributed by atoms with Crippen LogP contribution in [0.25, 0.3) is 5.65 Å². The molecule has 2 rings (SSSR count). The molecule has 0 fully saturated rings. The summed E-state index contributed by atoms with van der Waals surface area (Å²) in [7, 11) is 0. The van der Waals surface area contributed by atoms with Crippen LogP contribution in [0.5, 0.6) is 0 Å². The van der Waals surface area contributed by atoms with Crippen LogP contribution in [0.3, 0.4) is 0 Å². The van der Waals surface area contributed by atoms with Crippen molar-refractivity contribution in [2.24, 2.45) is 0 Å². The second kappa shape index (κ2) is 5.49. The van der Waals surface area contributed by atoms with Crippen LogP contribution < -0.4 is 5.32 Å². The molecular weight excluding hydrogens is 276 g/mol. The maximum Gasteiger partial charge on any atom is 0.328 e. The van der Waals surface area contributed by atoms with Gasteiger partial charge in [-0.25, -0.2) is 14.3 Å². The summed E-state index contributed by atoms with van der Waals surface area (Å²) in [5.41, 5.74) is 2.04. The minimum atomic E-state index is -1.39. The molecule has 0 aliphatic rings. The molecule has 0 radical (unpaired) electrons. The van der Waals surface area contributed by atoms with E-state index in [1.54, 1.807) is 6.92 Å². The molecule has 2 aromatic rings. The lowest BCUT2D eigenvalue weighted by Gasteiger charge is -2.16. The van der Waals surface area contributed by atoms with E-state index in [1.807, 2.05) is 13.0 Å². The lowest BCUT2D eigenvalue weighted by molar-refractivity contribution is -0.141. The summed E-state index contributed by atoms with van der Waals surface area (Å²) in [6, 6.07) is 0.427. The summed E-state index contributed by atoms with van der Waals surface area (Å²) in [4.78, 5) is 27.4. The number of aliphatic hydroxyl groups is 1. The van der Waals surface area contributed by atoms with E-state index in [-0.39, 0.29) is 5.56 Å². The number of aryl methyl sites for hydroxylation is 2. The molecule has 0 saturated carbocycles. The first-order valence-corrected chi connectivity index (χ1v) is 6.35. The third-order valence-electron chi connectivity index (χ3n) is 3.06. The second-order valence-electron chi connectivity index (χ2n) is 4.86. The number of carbonyl (C=O) groups is 2. The van der Waals surface area contributed by atoms with Crippen LogP contribution in [0.2, 0.25) is 0 Å². The first-order chi connectivity index (χ1) is 9.81. The van der Waals surface area contributed by atoms with Gasteiger partial charge in [0.1, 0.15) is 5.56 Å². The average Bonchev–Trinajstić information content (AvgIpc) is 2.78. The number of carboxylic acid groups (broad SMARTS) is 1. The van der Waals surface area contributed by atoms with Crippen LogP contribution in [-0.4, -0.2) is 48.8 Å². The first-order valence-electron chi connectivity index (χ1n) is 6.35. The first kappa shape index (κ1) is 14.9. The van der Waals surface area contributed by atoms with Crippen molar-refractivity contribution in [1.82, 2.24) is 19.9 Å². The summed E-state index contributed by atoms with van der Waals surface area (Å²) >= 11 is 0. The molecular formula is C13H16N4O4. The number of carbonyl (C=O) groups excluding carboxylic acids is 1. The number of aromatic nitrogens is 3. The molecule has 8 nitrogen and oxygen atoms in total. The average molecular weight is 292 g/mol. The van der Waals surface area contributed by atoms with Gasteiger partial charge in [0.15, 0.2) is 11.7 Å². The van der Waals surface area contributed by atoms with Gasteiger partial charge >= 0.3 is 5.97 Å². The van der Waals surface area contributed by atoms with Crippen LogP contribution >= 0.6 is 0 Å². The van der Waals surface area contributed by atoms with Gasteiger partial charge in [-0.15, -0.1) is 0 Å². The van der Waals surface area contributed by atoms with E-state index >= 15 is 0 Å². The summed E-state index contributed by atoms with van der Waals surface area (Å²) in [6.45, 7) is 4.91. The fraction of sp³-hybridized carbons (Fsp3) is 0.385. The number of fused-ring (bicyclic) bond motifs is 1. The van der Waals surface area contributed by atoms with Gasteiger partial charge in [0.25, 0.3) is 5.91 Å². The normalized spacial score (nSPS) is 13.9. The van der Waals surface area contributed by atoms with Crippen molar-refractivity contribution in [2.75, 3.05) is 0 Å². The number of rotatable bonds is 4. The standard InChI is InChI=1S/C13H16N4O4/c1-6-4-7(2)17-11(15-6)9(5-14-17)12(19)16-10(8(3)18)13(20)21/h4-5,8,10,18H,1-3H3,(H,16,19)(H,20,21). The fourth-order valence-corrected chi connectivity index (χ4v) is 2.04. The van der Waals surface area contributed by atoms with Gasteiger partial charge in [-0.2, -0.15) is 5.10 Å². The number of hydrogen-bond donors (Lipinski definition) is 3. The molecule has 112 valence electrons. The number of aliphatic carboxylic acids is 1. The van der Waals surface area contributed by atoms with Crippen molar-refractivity contribution < 1.29 is 19.8 Å². The predicted octanol–water partition coefficient (Wildman–Crippen LogP) is -0.0901. The van der Waals surface area contributed by atoms with E-state index in [0.29, 0.717) is 5.65 Å². The maximum absolute atomic E-state index is 12.2. The molecule has 21 heavy (non-hydrogen) atoms. The van der Waals surface area contributed by atoms with E-state index < -0.39 is 24.0 Å². The Labute approximate surface area is 120 Å². The van der Waals surface area contributed by atoms with Crippen LogP contribution in [-0.2, 0) is 4.79 Å². The Morgan fingerprint density at radius 1 is 1.38 bits per heavy atom. The summed E-state index contributed by atoms with van der Waals surface area (Å²) in [5, 5.41) is 24.7. The van der Waals surface area contributed by atoms with Crippen molar-refractivity contribution in [3.05, 3.63) is 29.2 Å². The third-order valence-corrected chi connectivity index (χ3v) is 3.06. The topological polar surface area (TPSA) is 117 Å². The summed E-state index contributed by atoms with van der Waals surface area (Å²) in [6.07, 6.45) is 0.107. The molecule has 0 aliphatic heterocycles. The Bertz CT molecular complexity index is 708. The van der Waals surface area contributed by atoms with Crippen LogP contribution in [0, 0.1) is 13.8 Å². The highest BCUT2D eigenvalue weighted by molar-refractivity contribution is 6.01. The number of aliphatic hydroxyl groups excluding tert-OH is 1. The minimum Gasteiger partial charge on any atom is -0.480 e. The molecule has 0 aromatic carbocycles. The van der Waals surface area contributed by atoms with Gasteiger partial charge in [0.05, 0.1) is 12.3 Å². The number of carboxylic acids is 1. The Morgan fingerprint density at radius 2 is 2.05 bits per heavy atom. The van der Waals surface area contributed by atoms with Gasteiger partial charge in [0, 0.05) is 11.4 Å². The molecule has 2 unspecified atom stereocenters. The van der Waals surface area contributed by atoms with Crippen molar-refractivity contribution in [3.8, 4) is 0 Å². The van der Waals surface area contributed by atoms with E-state index in [0.717, 1.165) is 11.4 Å². The molecule has 2 aromatic heterocycles. The largest absolute Gasteiger partial charge is 0.480 e. The van der Waals surface area contributed by atoms with Crippen LogP contribution in [0.4, 0.5) is 0 Å².